The maximum absolute atomic E-state index is 12.7. The standard InChI is InChI=1S/C28H26ClNO3/c1-16-10-11-20(17(2)12-16)23-15-33-28-19(4)27(32-5)21(14-22(23)28)18(3)13-26(31)30-25-9-7-6-8-24(25)29/h6-15H,1-5H3,(H,30,31)/b18-13+. The van der Waals surface area contributed by atoms with E-state index in [1.807, 2.05) is 32.0 Å². The van der Waals surface area contributed by atoms with Gasteiger partial charge in [0.25, 0.3) is 0 Å². The Morgan fingerprint density at radius 2 is 1.82 bits per heavy atom. The van der Waals surface area contributed by atoms with Gasteiger partial charge < -0.3 is 14.5 Å². The van der Waals surface area contributed by atoms with Gasteiger partial charge in [0.2, 0.25) is 5.91 Å². The molecule has 0 unspecified atom stereocenters. The molecular formula is C28H26ClNO3. The molecule has 0 aliphatic heterocycles. The van der Waals surface area contributed by atoms with Crippen LogP contribution in [0.1, 0.15) is 29.2 Å². The second kappa shape index (κ2) is 9.16. The Balaban J connectivity index is 1.80. The quantitative estimate of drug-likeness (QED) is 0.310. The van der Waals surface area contributed by atoms with Crippen LogP contribution in [0.3, 0.4) is 0 Å². The Morgan fingerprint density at radius 1 is 1.06 bits per heavy atom. The Bertz CT molecular complexity index is 1400. The Hall–Kier alpha value is -3.50. The Labute approximate surface area is 198 Å². The van der Waals surface area contributed by atoms with E-state index in [2.05, 4.69) is 37.4 Å². The number of anilines is 1. The zero-order chi connectivity index (χ0) is 23.7. The first kappa shape index (κ1) is 22.7. The number of fused-ring (bicyclic) bond motifs is 1. The summed E-state index contributed by atoms with van der Waals surface area (Å²) < 4.78 is 11.7. The highest BCUT2D eigenvalue weighted by Crippen LogP contribution is 2.41. The lowest BCUT2D eigenvalue weighted by Gasteiger charge is -2.14. The van der Waals surface area contributed by atoms with E-state index in [-0.39, 0.29) is 5.91 Å². The molecule has 1 heterocycles. The number of allylic oxidation sites excluding steroid dienone is 1. The Morgan fingerprint density at radius 3 is 2.52 bits per heavy atom. The van der Waals surface area contributed by atoms with E-state index < -0.39 is 0 Å². The molecular weight excluding hydrogens is 434 g/mol. The number of nitrogens with one attached hydrogen (secondary N) is 1. The number of aryl methyl sites for hydroxylation is 3. The summed E-state index contributed by atoms with van der Waals surface area (Å²) in [7, 11) is 1.63. The molecule has 0 atom stereocenters. The van der Waals surface area contributed by atoms with Crippen LogP contribution in [0.4, 0.5) is 5.69 Å². The largest absolute Gasteiger partial charge is 0.496 e. The maximum Gasteiger partial charge on any atom is 0.248 e. The van der Waals surface area contributed by atoms with Crippen LogP contribution in [0.2, 0.25) is 5.02 Å². The first-order chi connectivity index (χ1) is 15.8. The highest BCUT2D eigenvalue weighted by molar-refractivity contribution is 6.33. The average molecular weight is 460 g/mol. The number of hydrogen-bond acceptors (Lipinski definition) is 3. The maximum atomic E-state index is 12.7. The fraction of sp³-hybridized carbons (Fsp3) is 0.179. The summed E-state index contributed by atoms with van der Waals surface area (Å²) in [6.07, 6.45) is 3.35. The average Bonchev–Trinajstić information content (AvgIpc) is 3.19. The number of amides is 1. The third kappa shape index (κ3) is 4.39. The Kier molecular flexibility index (Phi) is 6.30. The van der Waals surface area contributed by atoms with Gasteiger partial charge in [-0.1, -0.05) is 47.5 Å². The third-order valence-electron chi connectivity index (χ3n) is 5.82. The van der Waals surface area contributed by atoms with Gasteiger partial charge in [-0.05, 0) is 62.6 Å². The van der Waals surface area contributed by atoms with Crippen molar-refractivity contribution in [3.8, 4) is 16.9 Å². The van der Waals surface area contributed by atoms with E-state index >= 15 is 0 Å². The monoisotopic (exact) mass is 459 g/mol. The van der Waals surface area contributed by atoms with E-state index in [0.717, 1.165) is 38.8 Å². The predicted molar refractivity (Wildman–Crippen MR) is 136 cm³/mol. The van der Waals surface area contributed by atoms with Crippen LogP contribution >= 0.6 is 11.6 Å². The second-order valence-corrected chi connectivity index (χ2v) is 8.63. The molecule has 168 valence electrons. The molecule has 0 saturated heterocycles. The van der Waals surface area contributed by atoms with Crippen molar-refractivity contribution in [1.29, 1.82) is 0 Å². The van der Waals surface area contributed by atoms with E-state index in [1.54, 1.807) is 31.6 Å². The van der Waals surface area contributed by atoms with E-state index in [0.29, 0.717) is 16.5 Å². The highest BCUT2D eigenvalue weighted by atomic mass is 35.5. The van der Waals surface area contributed by atoms with Crippen molar-refractivity contribution < 1.29 is 13.9 Å². The molecule has 1 aromatic heterocycles. The van der Waals surface area contributed by atoms with Crippen molar-refractivity contribution in [1.82, 2.24) is 0 Å². The third-order valence-corrected chi connectivity index (χ3v) is 6.15. The van der Waals surface area contributed by atoms with Gasteiger partial charge in [0.05, 0.1) is 24.1 Å². The number of carbonyl (C=O) groups is 1. The number of para-hydroxylation sites is 1. The summed E-state index contributed by atoms with van der Waals surface area (Å²) in [5.41, 5.74) is 8.37. The predicted octanol–water partition coefficient (Wildman–Crippen LogP) is 7.73. The van der Waals surface area contributed by atoms with Crippen molar-refractivity contribution in [2.24, 2.45) is 0 Å². The van der Waals surface area contributed by atoms with Crippen LogP contribution in [-0.2, 0) is 4.79 Å². The molecule has 0 bridgehead atoms. The lowest BCUT2D eigenvalue weighted by Crippen LogP contribution is -2.09. The molecule has 3 aromatic carbocycles. The van der Waals surface area contributed by atoms with Crippen LogP contribution in [0.25, 0.3) is 27.7 Å². The number of halogens is 1. The molecule has 1 N–H and O–H groups in total. The minimum absolute atomic E-state index is 0.262. The van der Waals surface area contributed by atoms with Gasteiger partial charge in [-0.15, -0.1) is 0 Å². The van der Waals surface area contributed by atoms with Gasteiger partial charge >= 0.3 is 0 Å². The van der Waals surface area contributed by atoms with Crippen LogP contribution in [0, 0.1) is 20.8 Å². The summed E-state index contributed by atoms with van der Waals surface area (Å²) in [5.74, 6) is 0.422. The number of methoxy groups -OCH3 is 1. The smallest absolute Gasteiger partial charge is 0.248 e. The summed E-state index contributed by atoms with van der Waals surface area (Å²) >= 11 is 6.18. The number of benzene rings is 3. The molecule has 0 aliphatic rings. The molecule has 0 spiro atoms. The number of ether oxygens (including phenoxy) is 1. The van der Waals surface area contributed by atoms with E-state index in [9.17, 15) is 4.79 Å². The summed E-state index contributed by atoms with van der Waals surface area (Å²) in [5, 5.41) is 4.31. The SMILES string of the molecule is COc1c(/C(C)=C/C(=O)Nc2ccccc2Cl)cc2c(-c3ccc(C)cc3C)coc2c1C. The van der Waals surface area contributed by atoms with Crippen LogP contribution in [0.5, 0.6) is 5.75 Å². The van der Waals surface area contributed by atoms with Gasteiger partial charge in [-0.25, -0.2) is 0 Å². The number of carbonyl (C=O) groups excluding carboxylic acids is 1. The molecule has 0 saturated carbocycles. The molecule has 33 heavy (non-hydrogen) atoms. The zero-order valence-electron chi connectivity index (χ0n) is 19.4. The van der Waals surface area contributed by atoms with Crippen molar-refractivity contribution >= 4 is 39.7 Å². The fourth-order valence-corrected chi connectivity index (χ4v) is 4.38. The molecule has 4 aromatic rings. The number of furan rings is 1. The minimum atomic E-state index is -0.262. The lowest BCUT2D eigenvalue weighted by molar-refractivity contribution is -0.111. The first-order valence-corrected chi connectivity index (χ1v) is 11.1. The molecule has 1 amide bonds. The number of rotatable bonds is 5. The van der Waals surface area contributed by atoms with Crippen LogP contribution < -0.4 is 10.1 Å². The number of hydrogen-bond donors (Lipinski definition) is 1. The van der Waals surface area contributed by atoms with Crippen LogP contribution in [0.15, 0.2) is 65.3 Å². The lowest BCUT2D eigenvalue weighted by atomic mass is 9.94. The first-order valence-electron chi connectivity index (χ1n) is 10.7. The summed E-state index contributed by atoms with van der Waals surface area (Å²) in [6, 6.07) is 15.6. The molecule has 0 aliphatic carbocycles. The van der Waals surface area contributed by atoms with Crippen molar-refractivity contribution in [3.05, 3.63) is 88.1 Å². The van der Waals surface area contributed by atoms with Crippen molar-refractivity contribution in [2.75, 3.05) is 12.4 Å². The van der Waals surface area contributed by atoms with Gasteiger partial charge in [0, 0.05) is 28.2 Å². The summed E-state index contributed by atoms with van der Waals surface area (Å²) in [6.45, 7) is 8.05. The highest BCUT2D eigenvalue weighted by Gasteiger charge is 2.19. The minimum Gasteiger partial charge on any atom is -0.496 e. The molecule has 4 rings (SSSR count). The van der Waals surface area contributed by atoms with Gasteiger partial charge in [-0.3, -0.25) is 4.79 Å². The second-order valence-electron chi connectivity index (χ2n) is 8.22. The normalized spacial score (nSPS) is 11.6. The molecule has 0 fully saturated rings. The summed E-state index contributed by atoms with van der Waals surface area (Å²) in [4.78, 5) is 12.7. The van der Waals surface area contributed by atoms with Crippen molar-refractivity contribution in [2.45, 2.75) is 27.7 Å². The van der Waals surface area contributed by atoms with Gasteiger partial charge in [-0.2, -0.15) is 0 Å². The van der Waals surface area contributed by atoms with E-state index in [1.165, 1.54) is 11.1 Å². The van der Waals surface area contributed by atoms with Crippen molar-refractivity contribution in [3.63, 3.8) is 0 Å². The van der Waals surface area contributed by atoms with E-state index in [4.69, 9.17) is 20.8 Å². The molecule has 0 radical (unpaired) electrons. The molecule has 4 nitrogen and oxygen atoms in total. The van der Waals surface area contributed by atoms with Gasteiger partial charge in [0.15, 0.2) is 0 Å². The van der Waals surface area contributed by atoms with Gasteiger partial charge in [0.1, 0.15) is 11.3 Å². The fourth-order valence-electron chi connectivity index (χ4n) is 4.20. The topological polar surface area (TPSA) is 51.5 Å². The van der Waals surface area contributed by atoms with Crippen LogP contribution in [-0.4, -0.2) is 13.0 Å². The molecule has 5 heteroatoms. The zero-order valence-corrected chi connectivity index (χ0v) is 20.1.